The molecule has 5 atom stereocenters. The van der Waals surface area contributed by atoms with Gasteiger partial charge in [-0.15, -0.1) is 0 Å². The Hall–Kier alpha value is -0.600. The summed E-state index contributed by atoms with van der Waals surface area (Å²) >= 11 is 0. The van der Waals surface area contributed by atoms with Crippen molar-refractivity contribution in [1.82, 2.24) is 4.72 Å². The summed E-state index contributed by atoms with van der Waals surface area (Å²) in [5, 5.41) is 7.96. The molecule has 3 aliphatic carbocycles. The molecule has 4 nitrogen and oxygen atoms in total. The van der Waals surface area contributed by atoms with Crippen LogP contribution in [0.15, 0.2) is 0 Å². The number of nitrogens with one attached hydrogen (secondary N) is 1. The Balaban J connectivity index is 1.69. The highest BCUT2D eigenvalue weighted by Gasteiger charge is 2.65. The van der Waals surface area contributed by atoms with E-state index in [9.17, 15) is 8.42 Å². The van der Waals surface area contributed by atoms with Crippen molar-refractivity contribution in [2.24, 2.45) is 23.7 Å². The molecule has 17 heavy (non-hydrogen) atoms. The maximum Gasteiger partial charge on any atom is 0.228 e. The summed E-state index contributed by atoms with van der Waals surface area (Å²) in [5.74, 6) is 2.67. The van der Waals surface area contributed by atoms with Gasteiger partial charge in [-0.05, 0) is 49.4 Å². The van der Waals surface area contributed by atoms with Gasteiger partial charge in [0.1, 0.15) is 0 Å². The Morgan fingerprint density at radius 2 is 1.94 bits per heavy atom. The predicted octanol–water partition coefficient (Wildman–Crippen LogP) is 1.25. The number of rotatable bonds is 4. The molecule has 94 valence electrons. The van der Waals surface area contributed by atoms with Crippen LogP contribution in [0.4, 0.5) is 0 Å². The molecule has 0 saturated heterocycles. The van der Waals surface area contributed by atoms with Crippen LogP contribution in [0.3, 0.4) is 0 Å². The Labute approximate surface area is 102 Å². The Kier molecular flexibility index (Phi) is 2.50. The molecule has 0 spiro atoms. The summed E-state index contributed by atoms with van der Waals surface area (Å²) in [6.07, 6.45) is 4.22. The van der Waals surface area contributed by atoms with Crippen LogP contribution >= 0.6 is 0 Å². The molecule has 0 aliphatic heterocycles. The van der Waals surface area contributed by atoms with Gasteiger partial charge in [-0.3, -0.25) is 0 Å². The number of sulfonamides is 1. The minimum atomic E-state index is -3.43. The van der Waals surface area contributed by atoms with Crippen LogP contribution < -0.4 is 4.72 Å². The van der Waals surface area contributed by atoms with Gasteiger partial charge in [0.05, 0.1) is 6.07 Å². The van der Waals surface area contributed by atoms with Crippen molar-refractivity contribution in [2.75, 3.05) is 0 Å². The maximum absolute atomic E-state index is 12.0. The third kappa shape index (κ3) is 1.61. The average molecular weight is 254 g/mol. The SMILES string of the molecule is CCC(C#N)S(=O)(=O)NC1C2C3CCC(C3)C12. The van der Waals surface area contributed by atoms with E-state index in [4.69, 9.17) is 5.26 Å². The van der Waals surface area contributed by atoms with E-state index in [0.29, 0.717) is 18.3 Å². The van der Waals surface area contributed by atoms with Crippen molar-refractivity contribution in [3.63, 3.8) is 0 Å². The second kappa shape index (κ2) is 3.69. The van der Waals surface area contributed by atoms with Crippen molar-refractivity contribution in [1.29, 1.82) is 5.26 Å². The summed E-state index contributed by atoms with van der Waals surface area (Å²) < 4.78 is 26.7. The minimum Gasteiger partial charge on any atom is -0.211 e. The van der Waals surface area contributed by atoms with Gasteiger partial charge in [-0.1, -0.05) is 6.92 Å². The molecule has 0 amide bonds. The molecule has 0 aromatic rings. The molecule has 1 N–H and O–H groups in total. The van der Waals surface area contributed by atoms with Gasteiger partial charge in [0.25, 0.3) is 0 Å². The van der Waals surface area contributed by atoms with Gasteiger partial charge in [0.15, 0.2) is 5.25 Å². The molecule has 3 fully saturated rings. The molecule has 0 heterocycles. The summed E-state index contributed by atoms with van der Waals surface area (Å²) in [6.45, 7) is 1.74. The standard InChI is InChI=1S/C12H18N2O2S/c1-2-9(6-13)17(15,16)14-12-10-7-3-4-8(5-7)11(10)12/h7-12,14H,2-5H2,1H3. The molecular weight excluding hydrogens is 236 g/mol. The topological polar surface area (TPSA) is 70.0 Å². The van der Waals surface area contributed by atoms with Gasteiger partial charge in [0, 0.05) is 6.04 Å². The van der Waals surface area contributed by atoms with Crippen LogP contribution in [0, 0.1) is 35.0 Å². The lowest BCUT2D eigenvalue weighted by atomic mass is 10.0. The Bertz CT molecular complexity index is 451. The summed E-state index contributed by atoms with van der Waals surface area (Å²) in [4.78, 5) is 0. The molecule has 0 radical (unpaired) electrons. The van der Waals surface area contributed by atoms with Crippen molar-refractivity contribution >= 4 is 10.0 Å². The fraction of sp³-hybridized carbons (Fsp3) is 0.917. The number of fused-ring (bicyclic) bond motifs is 5. The first-order valence-electron chi connectivity index (χ1n) is 6.49. The van der Waals surface area contributed by atoms with E-state index in [-0.39, 0.29) is 6.04 Å². The van der Waals surface area contributed by atoms with E-state index < -0.39 is 15.3 Å². The molecule has 3 aliphatic rings. The number of hydrogen-bond acceptors (Lipinski definition) is 3. The summed E-state index contributed by atoms with van der Waals surface area (Å²) in [7, 11) is -3.43. The van der Waals surface area contributed by atoms with Crippen LogP contribution in [0.5, 0.6) is 0 Å². The van der Waals surface area contributed by atoms with Crippen molar-refractivity contribution in [2.45, 2.75) is 43.9 Å². The normalized spacial score (nSPS) is 44.1. The molecule has 2 bridgehead atoms. The lowest BCUT2D eigenvalue weighted by molar-refractivity contribution is 0.456. The van der Waals surface area contributed by atoms with Crippen LogP contribution in [0.2, 0.25) is 0 Å². The lowest BCUT2D eigenvalue weighted by Crippen LogP contribution is -2.37. The van der Waals surface area contributed by atoms with Gasteiger partial charge in [-0.2, -0.15) is 5.26 Å². The van der Waals surface area contributed by atoms with Gasteiger partial charge < -0.3 is 0 Å². The maximum atomic E-state index is 12.0. The molecule has 5 heteroatoms. The van der Waals surface area contributed by atoms with Crippen LogP contribution in [-0.4, -0.2) is 19.7 Å². The van der Waals surface area contributed by atoms with Crippen molar-refractivity contribution in [3.05, 3.63) is 0 Å². The third-order valence-electron chi connectivity index (χ3n) is 4.93. The monoisotopic (exact) mass is 254 g/mol. The first-order chi connectivity index (χ1) is 8.08. The quantitative estimate of drug-likeness (QED) is 0.821. The molecular formula is C12H18N2O2S. The largest absolute Gasteiger partial charge is 0.228 e. The second-order valence-corrected chi connectivity index (χ2v) is 7.60. The van der Waals surface area contributed by atoms with E-state index in [2.05, 4.69) is 4.72 Å². The zero-order chi connectivity index (χ0) is 12.2. The summed E-state index contributed by atoms with van der Waals surface area (Å²) in [6, 6.07) is 2.03. The number of hydrogen-bond donors (Lipinski definition) is 1. The van der Waals surface area contributed by atoms with Gasteiger partial charge in [-0.25, -0.2) is 13.1 Å². The smallest absolute Gasteiger partial charge is 0.211 e. The van der Waals surface area contributed by atoms with E-state index in [0.717, 1.165) is 11.8 Å². The van der Waals surface area contributed by atoms with E-state index >= 15 is 0 Å². The number of nitriles is 1. The Morgan fingerprint density at radius 1 is 1.35 bits per heavy atom. The predicted molar refractivity (Wildman–Crippen MR) is 63.3 cm³/mol. The highest BCUT2D eigenvalue weighted by molar-refractivity contribution is 7.90. The average Bonchev–Trinajstić information content (AvgIpc) is 2.71. The second-order valence-electron chi connectivity index (χ2n) is 5.70. The van der Waals surface area contributed by atoms with Crippen molar-refractivity contribution in [3.8, 4) is 6.07 Å². The molecule has 3 rings (SSSR count). The third-order valence-corrected chi connectivity index (χ3v) is 6.71. The molecule has 0 aromatic heterocycles. The molecule has 5 unspecified atom stereocenters. The van der Waals surface area contributed by atoms with Crippen LogP contribution in [-0.2, 0) is 10.0 Å². The van der Waals surface area contributed by atoms with Crippen LogP contribution in [0.1, 0.15) is 32.6 Å². The fourth-order valence-electron chi connectivity index (χ4n) is 4.14. The molecule has 0 aromatic carbocycles. The minimum absolute atomic E-state index is 0.147. The van der Waals surface area contributed by atoms with E-state index in [1.807, 2.05) is 6.07 Å². The first-order valence-corrected chi connectivity index (χ1v) is 8.04. The summed E-state index contributed by atoms with van der Waals surface area (Å²) in [5.41, 5.74) is 0. The zero-order valence-electron chi connectivity index (χ0n) is 9.96. The van der Waals surface area contributed by atoms with Gasteiger partial charge in [0.2, 0.25) is 10.0 Å². The van der Waals surface area contributed by atoms with E-state index in [1.54, 1.807) is 6.92 Å². The number of nitrogens with zero attached hydrogens (tertiary/aromatic N) is 1. The van der Waals surface area contributed by atoms with Crippen LogP contribution in [0.25, 0.3) is 0 Å². The first kappa shape index (κ1) is 11.5. The fourth-order valence-corrected chi connectivity index (χ4v) is 5.57. The van der Waals surface area contributed by atoms with E-state index in [1.165, 1.54) is 19.3 Å². The zero-order valence-corrected chi connectivity index (χ0v) is 10.8. The Morgan fingerprint density at radius 3 is 2.41 bits per heavy atom. The highest BCUT2D eigenvalue weighted by atomic mass is 32.2. The highest BCUT2D eigenvalue weighted by Crippen LogP contribution is 2.65. The van der Waals surface area contributed by atoms with Crippen molar-refractivity contribution < 1.29 is 8.42 Å². The molecule has 3 saturated carbocycles. The lowest BCUT2D eigenvalue weighted by Gasteiger charge is -2.13. The van der Waals surface area contributed by atoms with Gasteiger partial charge >= 0.3 is 0 Å².